The number of hydrogen-bond acceptors (Lipinski definition) is 9. The summed E-state index contributed by atoms with van der Waals surface area (Å²) in [5, 5.41) is 12.7. The number of nitrogens with one attached hydrogen (secondary N) is 1. The summed E-state index contributed by atoms with van der Waals surface area (Å²) in [6.07, 6.45) is 4.70. The van der Waals surface area contributed by atoms with Gasteiger partial charge in [0.05, 0.1) is 28.9 Å². The van der Waals surface area contributed by atoms with E-state index in [1.165, 1.54) is 16.8 Å². The number of benzene rings is 1. The van der Waals surface area contributed by atoms with Gasteiger partial charge in [0.1, 0.15) is 34.1 Å². The first-order valence-electron chi connectivity index (χ1n) is 10.3. The standard InChI is InChI=1S/C22H17ClFN9O/c23-15-18(26)31-22(27)32-19(15)29-16(10-3-4-10)20-30-17-13(24)6-5-11(8-25)14(17)21(34)33(20)12-2-1-7-28-9-12/h1-2,5-7,9-10,16H,3-4H2,(H5,26,27,29,31,32)/t16-/m0/s1. The quantitative estimate of drug-likeness (QED) is 0.392. The third-order valence-corrected chi connectivity index (χ3v) is 5.96. The number of fused-ring (bicyclic) bond motifs is 1. The van der Waals surface area contributed by atoms with Crippen molar-refractivity contribution in [2.24, 2.45) is 5.92 Å². The molecule has 0 unspecified atom stereocenters. The number of hydrogen-bond donors (Lipinski definition) is 3. The van der Waals surface area contributed by atoms with Crippen molar-refractivity contribution in [1.29, 1.82) is 5.26 Å². The average molecular weight is 478 g/mol. The molecule has 5 N–H and O–H groups in total. The number of halogens is 2. The summed E-state index contributed by atoms with van der Waals surface area (Å²) in [4.78, 5) is 30.3. The van der Waals surface area contributed by atoms with Crippen LogP contribution in [0.5, 0.6) is 0 Å². The molecule has 34 heavy (non-hydrogen) atoms. The largest absolute Gasteiger partial charge is 0.382 e. The third kappa shape index (κ3) is 3.64. The van der Waals surface area contributed by atoms with E-state index < -0.39 is 17.4 Å². The fraction of sp³-hybridized carbons (Fsp3) is 0.182. The van der Waals surface area contributed by atoms with Crippen LogP contribution >= 0.6 is 11.6 Å². The molecule has 0 spiro atoms. The van der Waals surface area contributed by atoms with Crippen molar-refractivity contribution >= 4 is 40.1 Å². The van der Waals surface area contributed by atoms with Crippen LogP contribution in [0, 0.1) is 23.1 Å². The molecular formula is C22H17ClFN9O. The second kappa shape index (κ2) is 8.24. The van der Waals surface area contributed by atoms with Crippen LogP contribution < -0.4 is 22.3 Å². The molecule has 1 aromatic carbocycles. The summed E-state index contributed by atoms with van der Waals surface area (Å²) in [6, 6.07) is 7.06. The molecule has 1 atom stereocenters. The first kappa shape index (κ1) is 21.5. The van der Waals surface area contributed by atoms with Crippen molar-refractivity contribution in [2.75, 3.05) is 16.8 Å². The van der Waals surface area contributed by atoms with Crippen LogP contribution in [0.1, 0.15) is 30.3 Å². The molecule has 3 heterocycles. The Morgan fingerprint density at radius 3 is 2.71 bits per heavy atom. The maximum absolute atomic E-state index is 14.8. The zero-order chi connectivity index (χ0) is 24.0. The zero-order valence-electron chi connectivity index (χ0n) is 17.5. The fourth-order valence-electron chi connectivity index (χ4n) is 3.86. The van der Waals surface area contributed by atoms with Crippen LogP contribution in [-0.2, 0) is 0 Å². The average Bonchev–Trinajstić information content (AvgIpc) is 3.67. The molecule has 0 radical (unpaired) electrons. The number of nitrogens with zero attached hydrogens (tertiary/aromatic N) is 6. The maximum atomic E-state index is 14.8. The number of nitrogens with two attached hydrogens (primary N) is 2. The predicted octanol–water partition coefficient (Wildman–Crippen LogP) is 2.96. The maximum Gasteiger partial charge on any atom is 0.267 e. The van der Waals surface area contributed by atoms with Crippen LogP contribution in [0.4, 0.5) is 22.0 Å². The van der Waals surface area contributed by atoms with E-state index in [9.17, 15) is 14.4 Å². The molecule has 0 amide bonds. The van der Waals surface area contributed by atoms with Gasteiger partial charge in [0, 0.05) is 6.20 Å². The van der Waals surface area contributed by atoms with Crippen molar-refractivity contribution in [3.8, 4) is 11.8 Å². The van der Waals surface area contributed by atoms with Crippen molar-refractivity contribution in [3.05, 3.63) is 69.2 Å². The van der Waals surface area contributed by atoms with Crippen molar-refractivity contribution in [2.45, 2.75) is 18.9 Å². The smallest absolute Gasteiger partial charge is 0.267 e. The first-order valence-corrected chi connectivity index (χ1v) is 10.7. The van der Waals surface area contributed by atoms with Crippen LogP contribution in [-0.4, -0.2) is 24.5 Å². The number of anilines is 3. The van der Waals surface area contributed by atoms with Gasteiger partial charge in [-0.3, -0.25) is 14.3 Å². The number of rotatable bonds is 5. The highest BCUT2D eigenvalue weighted by Crippen LogP contribution is 2.44. The molecule has 1 aliphatic rings. The lowest BCUT2D eigenvalue weighted by molar-refractivity contribution is 0.600. The van der Waals surface area contributed by atoms with Gasteiger partial charge in [-0.1, -0.05) is 11.6 Å². The van der Waals surface area contributed by atoms with Gasteiger partial charge in [-0.15, -0.1) is 0 Å². The molecule has 0 bridgehead atoms. The van der Waals surface area contributed by atoms with Crippen LogP contribution in [0.3, 0.4) is 0 Å². The molecule has 10 nitrogen and oxygen atoms in total. The molecule has 1 saturated carbocycles. The van der Waals surface area contributed by atoms with Crippen LogP contribution in [0.15, 0.2) is 41.5 Å². The van der Waals surface area contributed by atoms with Gasteiger partial charge < -0.3 is 16.8 Å². The molecule has 0 saturated heterocycles. The van der Waals surface area contributed by atoms with Gasteiger partial charge in [-0.2, -0.15) is 15.2 Å². The summed E-state index contributed by atoms with van der Waals surface area (Å²) >= 11 is 6.31. The van der Waals surface area contributed by atoms with E-state index in [-0.39, 0.29) is 50.8 Å². The van der Waals surface area contributed by atoms with Crippen molar-refractivity contribution in [3.63, 3.8) is 0 Å². The third-order valence-electron chi connectivity index (χ3n) is 5.58. The van der Waals surface area contributed by atoms with E-state index in [1.807, 2.05) is 6.07 Å². The Morgan fingerprint density at radius 1 is 1.24 bits per heavy atom. The minimum Gasteiger partial charge on any atom is -0.382 e. The van der Waals surface area contributed by atoms with Crippen LogP contribution in [0.25, 0.3) is 16.6 Å². The lowest BCUT2D eigenvalue weighted by Gasteiger charge is -2.23. The zero-order valence-corrected chi connectivity index (χ0v) is 18.3. The molecular weight excluding hydrogens is 461 g/mol. The lowest BCUT2D eigenvalue weighted by Crippen LogP contribution is -2.30. The monoisotopic (exact) mass is 477 g/mol. The Morgan fingerprint density at radius 2 is 2.03 bits per heavy atom. The number of nitrogen functional groups attached to an aromatic ring is 2. The minimum absolute atomic E-state index is 0.00737. The first-order chi connectivity index (χ1) is 16.4. The molecule has 170 valence electrons. The molecule has 12 heteroatoms. The van der Waals surface area contributed by atoms with Gasteiger partial charge >= 0.3 is 0 Å². The van der Waals surface area contributed by atoms with Gasteiger partial charge in [0.2, 0.25) is 5.95 Å². The lowest BCUT2D eigenvalue weighted by atomic mass is 10.1. The summed E-state index contributed by atoms with van der Waals surface area (Å²) < 4.78 is 16.2. The van der Waals surface area contributed by atoms with E-state index in [2.05, 4.69) is 25.3 Å². The van der Waals surface area contributed by atoms with Gasteiger partial charge in [-0.05, 0) is 43.0 Å². The highest BCUT2D eigenvalue weighted by molar-refractivity contribution is 6.35. The molecule has 5 rings (SSSR count). The highest BCUT2D eigenvalue weighted by Gasteiger charge is 2.37. The van der Waals surface area contributed by atoms with E-state index in [0.29, 0.717) is 5.69 Å². The molecule has 0 aliphatic heterocycles. The highest BCUT2D eigenvalue weighted by atomic mass is 35.5. The van der Waals surface area contributed by atoms with Gasteiger partial charge in [0.15, 0.2) is 5.82 Å². The predicted molar refractivity (Wildman–Crippen MR) is 125 cm³/mol. The minimum atomic E-state index is -0.714. The second-order valence-electron chi connectivity index (χ2n) is 7.84. The van der Waals surface area contributed by atoms with E-state index in [0.717, 1.165) is 18.9 Å². The van der Waals surface area contributed by atoms with E-state index in [1.54, 1.807) is 18.3 Å². The Labute approximate surface area is 197 Å². The number of nitriles is 1. The topological polar surface area (TPSA) is 161 Å². The molecule has 1 aliphatic carbocycles. The number of aromatic nitrogens is 5. The SMILES string of the molecule is N#Cc1ccc(F)c2nc([C@@H](Nc3nc(N)nc(N)c3Cl)C3CC3)n(-c3cccnc3)c(=O)c12. The van der Waals surface area contributed by atoms with Crippen LogP contribution in [0.2, 0.25) is 5.02 Å². The van der Waals surface area contributed by atoms with Gasteiger partial charge in [0.25, 0.3) is 5.56 Å². The fourth-order valence-corrected chi connectivity index (χ4v) is 4.00. The summed E-state index contributed by atoms with van der Waals surface area (Å²) in [5.41, 5.74) is 11.2. The Hall–Kier alpha value is -4.30. The van der Waals surface area contributed by atoms with Crippen molar-refractivity contribution < 1.29 is 4.39 Å². The summed E-state index contributed by atoms with van der Waals surface area (Å²) in [7, 11) is 0. The molecule has 1 fully saturated rings. The summed E-state index contributed by atoms with van der Waals surface area (Å²) in [5.74, 6) is -0.376. The summed E-state index contributed by atoms with van der Waals surface area (Å²) in [6.45, 7) is 0. The van der Waals surface area contributed by atoms with E-state index in [4.69, 9.17) is 23.1 Å². The second-order valence-corrected chi connectivity index (χ2v) is 8.22. The molecule has 3 aromatic heterocycles. The Bertz CT molecular complexity index is 1530. The molecule has 4 aromatic rings. The van der Waals surface area contributed by atoms with Crippen molar-refractivity contribution in [1.82, 2.24) is 24.5 Å². The van der Waals surface area contributed by atoms with Gasteiger partial charge in [-0.25, -0.2) is 9.37 Å². The normalized spacial score (nSPS) is 14.0. The Kier molecular flexibility index (Phi) is 5.22. The Balaban J connectivity index is 1.80. The number of pyridine rings is 1. The van der Waals surface area contributed by atoms with E-state index >= 15 is 0 Å².